The Bertz CT molecular complexity index is 955. The Hall–Kier alpha value is -3.40. The molecule has 4 heteroatoms. The third kappa shape index (κ3) is 2.89. The summed E-state index contributed by atoms with van der Waals surface area (Å²) in [7, 11) is 3.98. The number of aliphatic imine (C=N–C) groups is 1. The molecule has 0 bridgehead atoms. The predicted molar refractivity (Wildman–Crippen MR) is 109 cm³/mol. The summed E-state index contributed by atoms with van der Waals surface area (Å²) >= 11 is 0. The maximum absolute atomic E-state index is 13.3. The second-order valence-electron chi connectivity index (χ2n) is 6.80. The number of nitrogens with zero attached hydrogens (tertiary/aromatic N) is 2. The number of nitrogens with one attached hydrogen (secondary N) is 1. The number of benzene rings is 3. The van der Waals surface area contributed by atoms with E-state index in [1.165, 1.54) is 0 Å². The van der Waals surface area contributed by atoms with Crippen molar-refractivity contribution in [1.29, 1.82) is 0 Å². The molecule has 0 aromatic heterocycles. The summed E-state index contributed by atoms with van der Waals surface area (Å²) in [6, 6.07) is 27.5. The Labute approximate surface area is 159 Å². The summed E-state index contributed by atoms with van der Waals surface area (Å²) in [5.41, 5.74) is 2.58. The van der Waals surface area contributed by atoms with E-state index in [2.05, 4.69) is 5.32 Å². The van der Waals surface area contributed by atoms with Crippen molar-refractivity contribution in [2.24, 2.45) is 4.99 Å². The van der Waals surface area contributed by atoms with E-state index in [1.54, 1.807) is 0 Å². The van der Waals surface area contributed by atoms with Gasteiger partial charge >= 0.3 is 0 Å². The van der Waals surface area contributed by atoms with E-state index in [9.17, 15) is 4.79 Å². The minimum atomic E-state index is -1.08. The first-order valence-electron chi connectivity index (χ1n) is 8.91. The van der Waals surface area contributed by atoms with E-state index in [1.807, 2.05) is 104 Å². The van der Waals surface area contributed by atoms with Crippen molar-refractivity contribution in [2.75, 3.05) is 19.0 Å². The molecule has 0 aliphatic carbocycles. The largest absolute Gasteiger partial charge is 0.378 e. The van der Waals surface area contributed by atoms with Gasteiger partial charge in [0.15, 0.2) is 5.54 Å². The van der Waals surface area contributed by atoms with Crippen LogP contribution in [-0.4, -0.2) is 25.8 Å². The molecule has 3 aromatic carbocycles. The lowest BCUT2D eigenvalue weighted by atomic mass is 9.83. The number of hydrogen-bond donors (Lipinski definition) is 1. The van der Waals surface area contributed by atoms with E-state index in [-0.39, 0.29) is 5.91 Å². The first kappa shape index (κ1) is 17.0. The molecular weight excluding hydrogens is 334 g/mol. The van der Waals surface area contributed by atoms with Gasteiger partial charge in [-0.05, 0) is 23.3 Å². The van der Waals surface area contributed by atoms with Gasteiger partial charge in [0.2, 0.25) is 0 Å². The Morgan fingerprint density at radius 2 is 1.41 bits per heavy atom. The maximum atomic E-state index is 13.3. The van der Waals surface area contributed by atoms with Crippen LogP contribution in [0, 0.1) is 0 Å². The second-order valence-corrected chi connectivity index (χ2v) is 6.80. The van der Waals surface area contributed by atoms with Crippen molar-refractivity contribution in [3.63, 3.8) is 0 Å². The third-order valence-corrected chi connectivity index (χ3v) is 4.86. The second kappa shape index (κ2) is 6.72. The maximum Gasteiger partial charge on any atom is 0.262 e. The van der Waals surface area contributed by atoms with Gasteiger partial charge in [-0.25, -0.2) is 4.99 Å². The van der Waals surface area contributed by atoms with Gasteiger partial charge in [-0.3, -0.25) is 4.79 Å². The fourth-order valence-electron chi connectivity index (χ4n) is 3.43. The highest BCUT2D eigenvalue weighted by molar-refractivity contribution is 6.17. The molecule has 4 rings (SSSR count). The molecule has 1 aliphatic heterocycles. The molecule has 0 radical (unpaired) electrons. The number of hydrogen-bond acceptors (Lipinski definition) is 3. The number of amides is 1. The van der Waals surface area contributed by atoms with Gasteiger partial charge in [-0.15, -0.1) is 0 Å². The third-order valence-electron chi connectivity index (χ3n) is 4.86. The van der Waals surface area contributed by atoms with Crippen molar-refractivity contribution in [2.45, 2.75) is 5.54 Å². The minimum absolute atomic E-state index is 0.134. The number of carbonyl (C=O) groups is 1. The normalized spacial score (nSPS) is 15.2. The van der Waals surface area contributed by atoms with Crippen LogP contribution in [-0.2, 0) is 10.3 Å². The molecule has 0 fully saturated rings. The highest BCUT2D eigenvalue weighted by atomic mass is 16.2. The van der Waals surface area contributed by atoms with Crippen LogP contribution < -0.4 is 10.2 Å². The van der Waals surface area contributed by atoms with Crippen LogP contribution in [0.5, 0.6) is 0 Å². The summed E-state index contributed by atoms with van der Waals surface area (Å²) in [5.74, 6) is 0.460. The van der Waals surface area contributed by atoms with Crippen molar-refractivity contribution in [1.82, 2.24) is 5.32 Å². The Morgan fingerprint density at radius 3 is 1.96 bits per heavy atom. The fourth-order valence-corrected chi connectivity index (χ4v) is 3.43. The number of amidine groups is 1. The lowest BCUT2D eigenvalue weighted by molar-refractivity contribution is -0.122. The van der Waals surface area contributed by atoms with Crippen LogP contribution in [0.1, 0.15) is 16.7 Å². The smallest absolute Gasteiger partial charge is 0.262 e. The van der Waals surface area contributed by atoms with Crippen molar-refractivity contribution < 1.29 is 4.79 Å². The molecular formula is C23H21N3O. The summed E-state index contributed by atoms with van der Waals surface area (Å²) in [6.07, 6.45) is 0. The lowest BCUT2D eigenvalue weighted by Crippen LogP contribution is -2.38. The van der Waals surface area contributed by atoms with E-state index in [0.29, 0.717) is 5.84 Å². The summed E-state index contributed by atoms with van der Waals surface area (Å²) in [4.78, 5) is 20.2. The molecule has 1 N–H and O–H groups in total. The monoisotopic (exact) mass is 355 g/mol. The van der Waals surface area contributed by atoms with E-state index >= 15 is 0 Å². The van der Waals surface area contributed by atoms with Gasteiger partial charge in [0.1, 0.15) is 5.84 Å². The predicted octanol–water partition coefficient (Wildman–Crippen LogP) is 3.57. The SMILES string of the molecule is CN(C)c1cccc(C2=NC(c3ccccc3)(c3ccccc3)C(=O)N2)c1. The minimum Gasteiger partial charge on any atom is -0.378 e. The first-order chi connectivity index (χ1) is 13.1. The fraction of sp³-hybridized carbons (Fsp3) is 0.130. The molecule has 27 heavy (non-hydrogen) atoms. The average molecular weight is 355 g/mol. The van der Waals surface area contributed by atoms with Crippen LogP contribution >= 0.6 is 0 Å². The molecule has 134 valence electrons. The van der Waals surface area contributed by atoms with Crippen LogP contribution in [0.25, 0.3) is 0 Å². The van der Waals surface area contributed by atoms with Gasteiger partial charge < -0.3 is 10.2 Å². The molecule has 0 saturated heterocycles. The Morgan fingerprint density at radius 1 is 0.815 bits per heavy atom. The van der Waals surface area contributed by atoms with Crippen LogP contribution in [0.2, 0.25) is 0 Å². The van der Waals surface area contributed by atoms with E-state index in [0.717, 1.165) is 22.4 Å². The molecule has 4 nitrogen and oxygen atoms in total. The topological polar surface area (TPSA) is 44.7 Å². The van der Waals surface area contributed by atoms with Gasteiger partial charge in [0.05, 0.1) is 0 Å². The van der Waals surface area contributed by atoms with Crippen LogP contribution in [0.4, 0.5) is 5.69 Å². The number of rotatable bonds is 4. The summed E-state index contributed by atoms with van der Waals surface area (Å²) in [6.45, 7) is 0. The molecule has 0 spiro atoms. The highest BCUT2D eigenvalue weighted by Crippen LogP contribution is 2.37. The van der Waals surface area contributed by atoms with Gasteiger partial charge in [0, 0.05) is 25.3 Å². The quantitative estimate of drug-likeness (QED) is 0.778. The zero-order valence-corrected chi connectivity index (χ0v) is 15.4. The number of anilines is 1. The van der Waals surface area contributed by atoms with E-state index in [4.69, 9.17) is 4.99 Å². The molecule has 1 aliphatic rings. The molecule has 1 heterocycles. The highest BCUT2D eigenvalue weighted by Gasteiger charge is 2.46. The van der Waals surface area contributed by atoms with Crippen molar-refractivity contribution >= 4 is 17.4 Å². The van der Waals surface area contributed by atoms with Crippen molar-refractivity contribution in [3.05, 3.63) is 102 Å². The lowest BCUT2D eigenvalue weighted by Gasteiger charge is -2.24. The van der Waals surface area contributed by atoms with Crippen LogP contribution in [0.15, 0.2) is 89.9 Å². The van der Waals surface area contributed by atoms with Crippen molar-refractivity contribution in [3.8, 4) is 0 Å². The summed E-state index contributed by atoms with van der Waals surface area (Å²) < 4.78 is 0. The first-order valence-corrected chi connectivity index (χ1v) is 8.91. The summed E-state index contributed by atoms with van der Waals surface area (Å²) in [5, 5.41) is 3.02. The number of carbonyl (C=O) groups excluding carboxylic acids is 1. The standard InChI is InChI=1S/C23H21N3O/c1-26(2)20-15-9-10-17(16-20)21-24-22(27)23(25-21,18-11-5-3-6-12-18)19-13-7-4-8-14-19/h3-16H,1-2H3,(H,24,25,27). The van der Waals surface area contributed by atoms with Gasteiger partial charge in [0.25, 0.3) is 5.91 Å². The zero-order valence-electron chi connectivity index (χ0n) is 15.4. The molecule has 3 aromatic rings. The Kier molecular flexibility index (Phi) is 4.24. The van der Waals surface area contributed by atoms with Crippen LogP contribution in [0.3, 0.4) is 0 Å². The zero-order chi connectivity index (χ0) is 18.9. The van der Waals surface area contributed by atoms with Gasteiger partial charge in [-0.1, -0.05) is 72.8 Å². The van der Waals surface area contributed by atoms with E-state index < -0.39 is 5.54 Å². The molecule has 0 unspecified atom stereocenters. The molecule has 0 saturated carbocycles. The van der Waals surface area contributed by atoms with Gasteiger partial charge in [-0.2, -0.15) is 0 Å². The molecule has 0 atom stereocenters. The Balaban J connectivity index is 1.90. The average Bonchev–Trinajstić information content (AvgIpc) is 3.08. The molecule has 1 amide bonds.